The average Bonchev–Trinajstić information content (AvgIpc) is 2.50. The van der Waals surface area contributed by atoms with E-state index in [0.717, 1.165) is 17.1 Å². The Bertz CT molecular complexity index is 354. The highest BCUT2D eigenvalue weighted by molar-refractivity contribution is 5.50. The standard InChI is InChI=1S/C12H24N4/c1-8(2)10(4)15(5)12-11(7-13)9(3)14-16(12)6/h8,10H,7,13H2,1-6H3. The van der Waals surface area contributed by atoms with E-state index in [9.17, 15) is 0 Å². The second-order valence-electron chi connectivity index (χ2n) is 4.81. The van der Waals surface area contributed by atoms with Gasteiger partial charge in [-0.15, -0.1) is 0 Å². The molecule has 0 fully saturated rings. The van der Waals surface area contributed by atoms with Crippen LogP contribution in [0.5, 0.6) is 0 Å². The zero-order valence-corrected chi connectivity index (χ0v) is 11.3. The fraction of sp³-hybridized carbons (Fsp3) is 0.750. The Hall–Kier alpha value is -1.03. The lowest BCUT2D eigenvalue weighted by molar-refractivity contribution is 0.495. The normalized spacial score (nSPS) is 13.2. The predicted octanol–water partition coefficient (Wildman–Crippen LogP) is 1.67. The smallest absolute Gasteiger partial charge is 0.131 e. The summed E-state index contributed by atoms with van der Waals surface area (Å²) in [6.45, 7) is 9.25. The van der Waals surface area contributed by atoms with E-state index in [0.29, 0.717) is 18.5 Å². The Morgan fingerprint density at radius 3 is 2.38 bits per heavy atom. The van der Waals surface area contributed by atoms with E-state index < -0.39 is 0 Å². The first-order valence-electron chi connectivity index (χ1n) is 5.85. The van der Waals surface area contributed by atoms with E-state index in [-0.39, 0.29) is 0 Å². The molecule has 1 aromatic rings. The van der Waals surface area contributed by atoms with Crippen molar-refractivity contribution in [3.8, 4) is 0 Å². The van der Waals surface area contributed by atoms with Crippen LogP contribution < -0.4 is 10.6 Å². The Labute approximate surface area is 98.4 Å². The Balaban J connectivity index is 3.12. The van der Waals surface area contributed by atoms with E-state index >= 15 is 0 Å². The van der Waals surface area contributed by atoms with Crippen LogP contribution in [0.15, 0.2) is 0 Å². The molecular formula is C12H24N4. The minimum Gasteiger partial charge on any atom is -0.357 e. The van der Waals surface area contributed by atoms with Crippen molar-refractivity contribution in [1.29, 1.82) is 0 Å². The summed E-state index contributed by atoms with van der Waals surface area (Å²) < 4.78 is 1.93. The third kappa shape index (κ3) is 2.21. The minimum atomic E-state index is 0.472. The van der Waals surface area contributed by atoms with Gasteiger partial charge in [0, 0.05) is 32.2 Å². The van der Waals surface area contributed by atoms with Crippen molar-refractivity contribution >= 4 is 5.82 Å². The quantitative estimate of drug-likeness (QED) is 0.846. The number of hydrogen-bond donors (Lipinski definition) is 1. The molecule has 0 saturated heterocycles. The van der Waals surface area contributed by atoms with Crippen molar-refractivity contribution in [3.63, 3.8) is 0 Å². The van der Waals surface area contributed by atoms with Crippen molar-refractivity contribution in [2.45, 2.75) is 40.3 Å². The highest BCUT2D eigenvalue weighted by Gasteiger charge is 2.21. The molecule has 0 amide bonds. The summed E-state index contributed by atoms with van der Waals surface area (Å²) in [6.07, 6.45) is 0. The molecule has 1 aromatic heterocycles. The lowest BCUT2D eigenvalue weighted by Gasteiger charge is -2.30. The first-order chi connectivity index (χ1) is 7.40. The van der Waals surface area contributed by atoms with Gasteiger partial charge in [0.25, 0.3) is 0 Å². The maximum absolute atomic E-state index is 5.80. The molecule has 92 valence electrons. The topological polar surface area (TPSA) is 47.1 Å². The second kappa shape index (κ2) is 4.87. The number of aromatic nitrogens is 2. The first kappa shape index (κ1) is 13.0. The first-order valence-corrected chi connectivity index (χ1v) is 5.85. The number of nitrogens with two attached hydrogens (primary N) is 1. The van der Waals surface area contributed by atoms with Crippen LogP contribution >= 0.6 is 0 Å². The van der Waals surface area contributed by atoms with Crippen LogP contribution in [0.2, 0.25) is 0 Å². The number of hydrogen-bond acceptors (Lipinski definition) is 3. The lowest BCUT2D eigenvalue weighted by Crippen LogP contribution is -2.35. The van der Waals surface area contributed by atoms with Crippen LogP contribution in [0.1, 0.15) is 32.0 Å². The molecule has 1 rings (SSSR count). The van der Waals surface area contributed by atoms with Crippen LogP contribution in [0.3, 0.4) is 0 Å². The SMILES string of the molecule is Cc1nn(C)c(N(C)C(C)C(C)C)c1CN. The summed E-state index contributed by atoms with van der Waals surface area (Å²) in [5, 5.41) is 4.44. The molecule has 1 heterocycles. The van der Waals surface area contributed by atoms with Crippen molar-refractivity contribution in [1.82, 2.24) is 9.78 Å². The van der Waals surface area contributed by atoms with Gasteiger partial charge in [-0.1, -0.05) is 13.8 Å². The molecule has 0 aliphatic heterocycles. The van der Waals surface area contributed by atoms with Crippen molar-refractivity contribution in [3.05, 3.63) is 11.3 Å². The number of aryl methyl sites for hydroxylation is 2. The molecule has 16 heavy (non-hydrogen) atoms. The minimum absolute atomic E-state index is 0.472. The summed E-state index contributed by atoms with van der Waals surface area (Å²) in [7, 11) is 4.09. The van der Waals surface area contributed by atoms with E-state index in [1.54, 1.807) is 0 Å². The van der Waals surface area contributed by atoms with Crippen LogP contribution in [-0.4, -0.2) is 22.9 Å². The van der Waals surface area contributed by atoms with Gasteiger partial charge in [-0.2, -0.15) is 5.10 Å². The summed E-state index contributed by atoms with van der Waals surface area (Å²) in [4.78, 5) is 2.27. The molecular weight excluding hydrogens is 200 g/mol. The van der Waals surface area contributed by atoms with Gasteiger partial charge >= 0.3 is 0 Å². The molecule has 1 atom stereocenters. The van der Waals surface area contributed by atoms with Gasteiger partial charge in [-0.3, -0.25) is 4.68 Å². The van der Waals surface area contributed by atoms with Gasteiger partial charge in [-0.05, 0) is 19.8 Å². The van der Waals surface area contributed by atoms with Crippen molar-refractivity contribution in [2.24, 2.45) is 18.7 Å². The van der Waals surface area contributed by atoms with Gasteiger partial charge in [0.1, 0.15) is 5.82 Å². The van der Waals surface area contributed by atoms with Gasteiger partial charge in [-0.25, -0.2) is 0 Å². The summed E-state index contributed by atoms with van der Waals surface area (Å²) >= 11 is 0. The highest BCUT2D eigenvalue weighted by atomic mass is 15.4. The van der Waals surface area contributed by atoms with Gasteiger partial charge in [0.15, 0.2) is 0 Å². The summed E-state index contributed by atoms with van der Waals surface area (Å²) in [6, 6.07) is 0.472. The fourth-order valence-corrected chi connectivity index (χ4v) is 2.01. The Morgan fingerprint density at radius 1 is 1.38 bits per heavy atom. The van der Waals surface area contributed by atoms with Gasteiger partial charge in [0.2, 0.25) is 0 Å². The molecule has 0 bridgehead atoms. The van der Waals surface area contributed by atoms with Crippen LogP contribution in [0.25, 0.3) is 0 Å². The van der Waals surface area contributed by atoms with Crippen LogP contribution in [0, 0.1) is 12.8 Å². The van der Waals surface area contributed by atoms with Crippen molar-refractivity contribution < 1.29 is 0 Å². The maximum Gasteiger partial charge on any atom is 0.131 e. The van der Waals surface area contributed by atoms with Gasteiger partial charge in [0.05, 0.1) is 5.69 Å². The average molecular weight is 224 g/mol. The Morgan fingerprint density at radius 2 is 1.94 bits per heavy atom. The summed E-state index contributed by atoms with van der Waals surface area (Å²) in [5.74, 6) is 1.74. The molecule has 0 aromatic carbocycles. The zero-order chi connectivity index (χ0) is 12.5. The largest absolute Gasteiger partial charge is 0.357 e. The molecule has 2 N–H and O–H groups in total. The lowest BCUT2D eigenvalue weighted by atomic mass is 10.0. The summed E-state index contributed by atoms with van der Waals surface area (Å²) in [5.41, 5.74) is 7.98. The predicted molar refractivity (Wildman–Crippen MR) is 68.5 cm³/mol. The molecule has 0 aliphatic rings. The maximum atomic E-state index is 5.80. The third-order valence-electron chi connectivity index (χ3n) is 3.43. The Kier molecular flexibility index (Phi) is 3.97. The van der Waals surface area contributed by atoms with Gasteiger partial charge < -0.3 is 10.6 Å². The van der Waals surface area contributed by atoms with E-state index in [4.69, 9.17) is 5.73 Å². The van der Waals surface area contributed by atoms with Crippen LogP contribution in [0.4, 0.5) is 5.82 Å². The molecule has 0 aliphatic carbocycles. The second-order valence-corrected chi connectivity index (χ2v) is 4.81. The molecule has 4 nitrogen and oxygen atoms in total. The number of anilines is 1. The molecule has 1 unspecified atom stereocenters. The zero-order valence-electron chi connectivity index (χ0n) is 11.3. The van der Waals surface area contributed by atoms with Crippen molar-refractivity contribution in [2.75, 3.05) is 11.9 Å². The van der Waals surface area contributed by atoms with E-state index in [2.05, 4.69) is 37.8 Å². The van der Waals surface area contributed by atoms with Crippen LogP contribution in [-0.2, 0) is 13.6 Å². The molecule has 0 saturated carbocycles. The molecule has 0 radical (unpaired) electrons. The fourth-order valence-electron chi connectivity index (χ4n) is 2.01. The number of nitrogens with zero attached hydrogens (tertiary/aromatic N) is 3. The monoisotopic (exact) mass is 224 g/mol. The highest BCUT2D eigenvalue weighted by Crippen LogP contribution is 2.25. The van der Waals surface area contributed by atoms with E-state index in [1.165, 1.54) is 0 Å². The molecule has 0 spiro atoms. The molecule has 4 heteroatoms. The third-order valence-corrected chi connectivity index (χ3v) is 3.43. The number of rotatable bonds is 4. The van der Waals surface area contributed by atoms with E-state index in [1.807, 2.05) is 18.7 Å².